The van der Waals surface area contributed by atoms with E-state index in [0.29, 0.717) is 0 Å². The number of benzene rings is 2. The van der Waals surface area contributed by atoms with Crippen LogP contribution in [0.1, 0.15) is 20.7 Å². The van der Waals surface area contributed by atoms with Crippen LogP contribution < -0.4 is 9.55 Å². The molecular weight excluding hydrogens is 318 g/mol. The summed E-state index contributed by atoms with van der Waals surface area (Å²) >= 11 is 0. The van der Waals surface area contributed by atoms with E-state index in [9.17, 15) is 20.0 Å². The molecular formula is C16H12NO7-. The van der Waals surface area contributed by atoms with Crippen molar-refractivity contribution in [2.45, 2.75) is 0 Å². The number of rotatable bonds is 2. The number of nitrogens with zero attached hydrogens (tertiary/aromatic N) is 1. The van der Waals surface area contributed by atoms with E-state index < -0.39 is 22.4 Å². The molecule has 3 rings (SSSR count). The zero-order valence-corrected chi connectivity index (χ0v) is 12.8. The number of ether oxygens (including phenoxy) is 3. The molecule has 0 radical (unpaired) electrons. The average Bonchev–Trinajstić information content (AvgIpc) is 2.59. The van der Waals surface area contributed by atoms with E-state index >= 15 is 0 Å². The number of quaternary nitrogens is 1. The van der Waals surface area contributed by atoms with Gasteiger partial charge in [-0.2, -0.15) is 0 Å². The second-order valence-electron chi connectivity index (χ2n) is 4.94. The fourth-order valence-corrected chi connectivity index (χ4v) is 2.55. The largest absolute Gasteiger partial charge is 0.620 e. The van der Waals surface area contributed by atoms with Gasteiger partial charge in [0.15, 0.2) is 17.1 Å². The van der Waals surface area contributed by atoms with E-state index in [-0.39, 0.29) is 28.3 Å². The van der Waals surface area contributed by atoms with Crippen LogP contribution in [0, 0.1) is 10.4 Å². The zero-order chi connectivity index (χ0) is 17.5. The summed E-state index contributed by atoms with van der Waals surface area (Å²) in [5.74, 6) is -1.90. The number of methoxy groups -OCH3 is 2. The average molecular weight is 330 g/mol. The first-order valence-electron chi connectivity index (χ1n) is 6.84. The van der Waals surface area contributed by atoms with Crippen LogP contribution in [-0.2, 0) is 9.47 Å². The Balaban J connectivity index is 2.27. The molecule has 0 saturated heterocycles. The summed E-state index contributed by atoms with van der Waals surface area (Å²) in [7, 11) is 2.31. The molecule has 24 heavy (non-hydrogen) atoms. The third-order valence-electron chi connectivity index (χ3n) is 3.63. The van der Waals surface area contributed by atoms with Gasteiger partial charge in [0, 0.05) is 6.07 Å². The first-order chi connectivity index (χ1) is 11.4. The molecule has 0 saturated carbocycles. The summed E-state index contributed by atoms with van der Waals surface area (Å²) < 4.78 is 14.8. The molecule has 1 aliphatic heterocycles. The molecule has 0 aliphatic carbocycles. The topological polar surface area (TPSA) is 108 Å². The van der Waals surface area contributed by atoms with Gasteiger partial charge in [-0.05, 0) is 18.2 Å². The van der Waals surface area contributed by atoms with Crippen LogP contribution in [0.5, 0.6) is 11.5 Å². The summed E-state index contributed by atoms with van der Waals surface area (Å²) in [4.78, 5) is 21.4. The van der Waals surface area contributed by atoms with Gasteiger partial charge in [0.1, 0.15) is 11.1 Å². The van der Waals surface area contributed by atoms with Crippen LogP contribution in [0.4, 0.5) is 11.4 Å². The molecule has 1 aliphatic rings. The quantitative estimate of drug-likeness (QED) is 0.473. The predicted octanol–water partition coefficient (Wildman–Crippen LogP) is 3.00. The maximum absolute atomic E-state index is 12.8. The highest BCUT2D eigenvalue weighted by Crippen LogP contribution is 2.53. The predicted molar refractivity (Wildman–Crippen MR) is 83.8 cm³/mol. The summed E-state index contributed by atoms with van der Waals surface area (Å²) in [6, 6.07) is 8.08. The Morgan fingerprint density at radius 2 is 1.54 bits per heavy atom. The molecule has 8 nitrogen and oxygen atoms in total. The van der Waals surface area contributed by atoms with Crippen molar-refractivity contribution in [3.63, 3.8) is 0 Å². The van der Waals surface area contributed by atoms with E-state index in [2.05, 4.69) is 9.47 Å². The van der Waals surface area contributed by atoms with Gasteiger partial charge in [-0.1, -0.05) is 12.1 Å². The second-order valence-corrected chi connectivity index (χ2v) is 4.94. The van der Waals surface area contributed by atoms with E-state index in [1.54, 1.807) is 0 Å². The minimum absolute atomic E-state index is 0.0571. The van der Waals surface area contributed by atoms with Crippen LogP contribution >= 0.6 is 0 Å². The summed E-state index contributed by atoms with van der Waals surface area (Å²) in [6.45, 7) is 0. The van der Waals surface area contributed by atoms with E-state index in [1.165, 1.54) is 43.5 Å². The molecule has 8 heteroatoms. The number of carbonyl (C=O) groups excluding carboxylic acids is 2. The van der Waals surface area contributed by atoms with Gasteiger partial charge >= 0.3 is 11.9 Å². The SMILES string of the molecule is COC(=O)c1cccc2c1Oc1cccc(C(=O)OC)c1[N+]2([O-])[O-]. The molecule has 1 heterocycles. The number of esters is 2. The number of hydrogen-bond donors (Lipinski definition) is 0. The highest BCUT2D eigenvalue weighted by Gasteiger charge is 2.37. The van der Waals surface area contributed by atoms with Crippen molar-refractivity contribution in [1.29, 1.82) is 0 Å². The Morgan fingerprint density at radius 3 is 2.21 bits per heavy atom. The smallest absolute Gasteiger partial charge is 0.344 e. The van der Waals surface area contributed by atoms with Gasteiger partial charge < -0.3 is 29.4 Å². The lowest BCUT2D eigenvalue weighted by Gasteiger charge is -2.49. The van der Waals surface area contributed by atoms with Gasteiger partial charge in [-0.15, -0.1) is 0 Å². The van der Waals surface area contributed by atoms with Gasteiger partial charge in [0.25, 0.3) is 0 Å². The third kappa shape index (κ3) is 2.21. The van der Waals surface area contributed by atoms with Crippen LogP contribution in [0.15, 0.2) is 36.4 Å². The van der Waals surface area contributed by atoms with Gasteiger partial charge in [0.05, 0.1) is 14.2 Å². The number of carbonyl (C=O) groups is 2. The third-order valence-corrected chi connectivity index (χ3v) is 3.63. The maximum atomic E-state index is 12.8. The monoisotopic (exact) mass is 330 g/mol. The van der Waals surface area contributed by atoms with Crippen molar-refractivity contribution in [2.75, 3.05) is 14.2 Å². The van der Waals surface area contributed by atoms with Crippen molar-refractivity contribution >= 4 is 23.3 Å². The molecule has 0 unspecified atom stereocenters. The van der Waals surface area contributed by atoms with E-state index in [4.69, 9.17) is 4.74 Å². The van der Waals surface area contributed by atoms with E-state index in [0.717, 1.165) is 7.11 Å². The highest BCUT2D eigenvalue weighted by atomic mass is 16.8. The Hall–Kier alpha value is -2.94. The molecule has 2 aromatic carbocycles. The maximum Gasteiger partial charge on any atom is 0.344 e. The molecule has 2 aromatic rings. The molecule has 0 N–H and O–H groups in total. The number of fused-ring (bicyclic) bond motifs is 2. The van der Waals surface area contributed by atoms with Crippen molar-refractivity contribution < 1.29 is 23.8 Å². The normalized spacial score (nSPS) is 14.0. The van der Waals surface area contributed by atoms with Crippen LogP contribution in [0.25, 0.3) is 0 Å². The lowest BCUT2D eigenvalue weighted by atomic mass is 10.1. The van der Waals surface area contributed by atoms with Crippen LogP contribution in [0.3, 0.4) is 0 Å². The summed E-state index contributed by atoms with van der Waals surface area (Å²) in [5, 5.41) is 25.6. The van der Waals surface area contributed by atoms with Crippen molar-refractivity contribution in [3.8, 4) is 11.5 Å². The molecule has 0 amide bonds. The van der Waals surface area contributed by atoms with E-state index in [1.807, 2.05) is 0 Å². The fourth-order valence-electron chi connectivity index (χ4n) is 2.55. The Kier molecular flexibility index (Phi) is 3.72. The molecule has 0 spiro atoms. The molecule has 0 bridgehead atoms. The van der Waals surface area contributed by atoms with Gasteiger partial charge in [-0.25, -0.2) is 9.59 Å². The van der Waals surface area contributed by atoms with Crippen molar-refractivity contribution in [3.05, 3.63) is 57.9 Å². The Bertz CT molecular complexity index is 844. The van der Waals surface area contributed by atoms with Crippen LogP contribution in [-0.4, -0.2) is 26.2 Å². The summed E-state index contributed by atoms with van der Waals surface area (Å²) in [6.07, 6.45) is 0. The fraction of sp³-hybridized carbons (Fsp3) is 0.125. The molecule has 0 fully saturated rings. The molecule has 0 atom stereocenters. The van der Waals surface area contributed by atoms with Crippen molar-refractivity contribution in [1.82, 2.24) is 4.81 Å². The lowest BCUT2D eigenvalue weighted by Crippen LogP contribution is -2.35. The Morgan fingerprint density at radius 1 is 0.958 bits per heavy atom. The zero-order valence-electron chi connectivity index (χ0n) is 12.8. The first kappa shape index (κ1) is 15.9. The molecule has 124 valence electrons. The minimum atomic E-state index is -2.26. The Labute approximate surface area is 136 Å². The number of para-hydroxylation sites is 2. The van der Waals surface area contributed by atoms with Crippen LogP contribution in [0.2, 0.25) is 0 Å². The minimum Gasteiger partial charge on any atom is -0.620 e. The van der Waals surface area contributed by atoms with Crippen molar-refractivity contribution in [2.24, 2.45) is 0 Å². The standard InChI is InChI=1S/C16H12NO7/c1-22-15(18)9-5-4-8-12-13(9)17(20,21)11-7-3-6-10(14(11)24-12)16(19)23-2/h3-8H,1-2H3/q-1. The molecule has 0 aromatic heterocycles. The first-order valence-corrected chi connectivity index (χ1v) is 6.84. The summed E-state index contributed by atoms with van der Waals surface area (Å²) in [5.41, 5.74) is -1.05. The van der Waals surface area contributed by atoms with Gasteiger partial charge in [-0.3, -0.25) is 0 Å². The number of hydrogen-bond acceptors (Lipinski definition) is 7. The van der Waals surface area contributed by atoms with Gasteiger partial charge in [0.2, 0.25) is 5.75 Å². The lowest BCUT2D eigenvalue weighted by molar-refractivity contribution is 0.0587. The highest BCUT2D eigenvalue weighted by molar-refractivity contribution is 6.01. The second kappa shape index (κ2) is 5.60.